The zero-order valence-corrected chi connectivity index (χ0v) is 23.6. The first kappa shape index (κ1) is 27.2. The fourth-order valence-electron chi connectivity index (χ4n) is 4.06. The smallest absolute Gasteiger partial charge is 0.292 e. The Hall–Kier alpha value is -4.33. The fourth-order valence-corrected chi connectivity index (χ4v) is 4.63. The van der Waals surface area contributed by atoms with E-state index in [-0.39, 0.29) is 5.69 Å². The quantitative estimate of drug-likeness (QED) is 0.203. The maximum atomic E-state index is 13.4. The summed E-state index contributed by atoms with van der Waals surface area (Å²) >= 11 is 12.7. The number of benzene rings is 4. The lowest BCUT2D eigenvalue weighted by molar-refractivity contribution is 0.560. The van der Waals surface area contributed by atoms with Gasteiger partial charge in [-0.25, -0.2) is 4.68 Å². The summed E-state index contributed by atoms with van der Waals surface area (Å²) in [6, 6.07) is 30.3. The van der Waals surface area contributed by atoms with Crippen LogP contribution in [-0.2, 0) is 5.41 Å². The van der Waals surface area contributed by atoms with E-state index in [0.717, 1.165) is 16.8 Å². The lowest BCUT2D eigenvalue weighted by Crippen LogP contribution is -2.15. The van der Waals surface area contributed by atoms with Crippen LogP contribution in [0.15, 0.2) is 122 Å². The van der Waals surface area contributed by atoms with E-state index in [1.165, 1.54) is 4.68 Å². The third kappa shape index (κ3) is 5.96. The molecule has 1 heterocycles. The van der Waals surface area contributed by atoms with E-state index in [4.69, 9.17) is 23.2 Å². The van der Waals surface area contributed by atoms with Gasteiger partial charge in [0, 0.05) is 5.41 Å². The number of aromatic nitrogens is 2. The summed E-state index contributed by atoms with van der Waals surface area (Å²) in [5, 5.41) is 21.1. The second kappa shape index (κ2) is 11.4. The van der Waals surface area contributed by atoms with Crippen molar-refractivity contribution in [3.05, 3.63) is 123 Å². The van der Waals surface area contributed by atoms with Gasteiger partial charge in [-0.1, -0.05) is 92.5 Å². The third-order valence-corrected chi connectivity index (χ3v) is 6.76. The first-order valence-corrected chi connectivity index (χ1v) is 13.4. The molecule has 0 aliphatic heterocycles. The Bertz CT molecular complexity index is 1730. The maximum Gasteiger partial charge on any atom is 0.299 e. The number of halogens is 2. The Morgan fingerprint density at radius 3 is 1.62 bits per heavy atom. The number of nitrogens with one attached hydrogen (secondary N) is 1. The summed E-state index contributed by atoms with van der Waals surface area (Å²) in [6.07, 6.45) is 0. The molecule has 7 nitrogen and oxygen atoms in total. The lowest BCUT2D eigenvalue weighted by atomic mass is 9.91. The predicted molar refractivity (Wildman–Crippen MR) is 162 cm³/mol. The van der Waals surface area contributed by atoms with Gasteiger partial charge >= 0.3 is 0 Å². The Labute approximate surface area is 241 Å². The minimum absolute atomic E-state index is 0.186. The van der Waals surface area contributed by atoms with Crippen LogP contribution >= 0.6 is 23.2 Å². The molecule has 0 radical (unpaired) electrons. The molecule has 0 fully saturated rings. The van der Waals surface area contributed by atoms with E-state index >= 15 is 0 Å². The molecule has 9 heteroatoms. The molecule has 0 saturated heterocycles. The molecule has 0 atom stereocenters. The first-order chi connectivity index (χ1) is 19.2. The van der Waals surface area contributed by atoms with Crippen LogP contribution in [-0.4, -0.2) is 9.78 Å². The normalized spacial score (nSPS) is 12.0. The van der Waals surface area contributed by atoms with Crippen LogP contribution in [0.4, 0.5) is 22.7 Å². The summed E-state index contributed by atoms with van der Waals surface area (Å²) in [7, 11) is 0. The summed E-state index contributed by atoms with van der Waals surface area (Å²) in [6.45, 7) is 5.93. The number of azo groups is 2. The molecule has 0 spiro atoms. The van der Waals surface area contributed by atoms with Crippen LogP contribution in [0.5, 0.6) is 0 Å². The van der Waals surface area contributed by atoms with Gasteiger partial charge in [-0.05, 0) is 59.7 Å². The third-order valence-electron chi connectivity index (χ3n) is 6.15. The highest BCUT2D eigenvalue weighted by Crippen LogP contribution is 2.33. The molecule has 200 valence electrons. The fraction of sp³-hybridized carbons (Fsp3) is 0.129. The molecule has 0 unspecified atom stereocenters. The summed E-state index contributed by atoms with van der Waals surface area (Å²) in [5.41, 5.74) is 4.60. The van der Waals surface area contributed by atoms with Gasteiger partial charge in [-0.2, -0.15) is 15.3 Å². The van der Waals surface area contributed by atoms with Crippen LogP contribution < -0.4 is 5.56 Å². The van der Waals surface area contributed by atoms with Crippen molar-refractivity contribution >= 4 is 46.0 Å². The van der Waals surface area contributed by atoms with Gasteiger partial charge < -0.3 is 0 Å². The molecule has 40 heavy (non-hydrogen) atoms. The second-order valence-electron chi connectivity index (χ2n) is 10.1. The zero-order chi connectivity index (χ0) is 28.3. The van der Waals surface area contributed by atoms with E-state index in [2.05, 4.69) is 37.7 Å². The molecule has 1 aromatic heterocycles. The van der Waals surface area contributed by atoms with Gasteiger partial charge in [-0.15, -0.1) is 5.11 Å². The second-order valence-corrected chi connectivity index (χ2v) is 10.9. The number of hydrogen-bond acceptors (Lipinski definition) is 5. The topological polar surface area (TPSA) is 87.2 Å². The Morgan fingerprint density at radius 1 is 0.625 bits per heavy atom. The van der Waals surface area contributed by atoms with E-state index in [9.17, 15) is 4.79 Å². The van der Waals surface area contributed by atoms with E-state index in [1.54, 1.807) is 42.5 Å². The molecule has 5 rings (SSSR count). The van der Waals surface area contributed by atoms with Gasteiger partial charge in [0.1, 0.15) is 5.69 Å². The Morgan fingerprint density at radius 2 is 1.10 bits per heavy atom. The maximum absolute atomic E-state index is 13.4. The standard InChI is InChI=1S/C31H26Cl2N6O/c1-31(2,3)29-27(30(40)39(38-29)28-25(32)10-7-11-26(28)33)37-36-24-18-16-23(17-19-24)35-34-22-14-12-21(13-15-22)20-8-5-4-6-9-20/h4-19,38H,1-3H3. The Balaban J connectivity index is 1.36. The van der Waals surface area contributed by atoms with Crippen LogP contribution in [0.25, 0.3) is 16.8 Å². The molecule has 5 aromatic rings. The number of rotatable bonds is 6. The highest BCUT2D eigenvalue weighted by molar-refractivity contribution is 6.37. The van der Waals surface area contributed by atoms with Crippen molar-refractivity contribution in [1.29, 1.82) is 0 Å². The van der Waals surface area contributed by atoms with Crippen molar-refractivity contribution in [3.63, 3.8) is 0 Å². The van der Waals surface area contributed by atoms with Crippen molar-refractivity contribution in [1.82, 2.24) is 9.78 Å². The van der Waals surface area contributed by atoms with E-state index < -0.39 is 11.0 Å². The summed E-state index contributed by atoms with van der Waals surface area (Å²) in [4.78, 5) is 13.4. The van der Waals surface area contributed by atoms with Crippen LogP contribution in [0, 0.1) is 0 Å². The number of aromatic amines is 1. The predicted octanol–water partition coefficient (Wildman–Crippen LogP) is 10.3. The van der Waals surface area contributed by atoms with Gasteiger partial charge in [0.15, 0.2) is 5.69 Å². The lowest BCUT2D eigenvalue weighted by Gasteiger charge is -2.16. The van der Waals surface area contributed by atoms with Gasteiger partial charge in [0.2, 0.25) is 0 Å². The largest absolute Gasteiger partial charge is 0.299 e. The summed E-state index contributed by atoms with van der Waals surface area (Å²) < 4.78 is 1.31. The van der Waals surface area contributed by atoms with Crippen molar-refractivity contribution in [2.45, 2.75) is 26.2 Å². The molecule has 0 aliphatic rings. The highest BCUT2D eigenvalue weighted by atomic mass is 35.5. The summed E-state index contributed by atoms with van der Waals surface area (Å²) in [5.74, 6) is 0. The van der Waals surface area contributed by atoms with E-state index in [0.29, 0.717) is 32.8 Å². The number of hydrogen-bond donors (Lipinski definition) is 1. The molecule has 1 N–H and O–H groups in total. The van der Waals surface area contributed by atoms with Crippen LogP contribution in [0.2, 0.25) is 10.0 Å². The molecular formula is C31H26Cl2N6O. The van der Waals surface area contributed by atoms with Gasteiger partial charge in [0.25, 0.3) is 5.56 Å². The van der Waals surface area contributed by atoms with E-state index in [1.807, 2.05) is 63.2 Å². The monoisotopic (exact) mass is 568 g/mol. The molecular weight excluding hydrogens is 543 g/mol. The molecule has 0 saturated carbocycles. The number of para-hydroxylation sites is 1. The SMILES string of the molecule is CC(C)(C)c1[nH]n(-c2c(Cl)cccc2Cl)c(=O)c1N=Nc1ccc(N=Nc2ccc(-c3ccccc3)cc2)cc1. The van der Waals surface area contributed by atoms with Gasteiger partial charge in [-0.3, -0.25) is 9.89 Å². The van der Waals surface area contributed by atoms with Crippen molar-refractivity contribution in [2.24, 2.45) is 20.5 Å². The average molecular weight is 569 g/mol. The molecule has 0 amide bonds. The van der Waals surface area contributed by atoms with Crippen molar-refractivity contribution in [3.8, 4) is 16.8 Å². The Kier molecular flexibility index (Phi) is 7.78. The number of nitrogens with zero attached hydrogens (tertiary/aromatic N) is 5. The van der Waals surface area contributed by atoms with Gasteiger partial charge in [0.05, 0.1) is 32.8 Å². The molecule has 4 aromatic carbocycles. The highest BCUT2D eigenvalue weighted by Gasteiger charge is 2.26. The van der Waals surface area contributed by atoms with Crippen molar-refractivity contribution < 1.29 is 0 Å². The first-order valence-electron chi connectivity index (χ1n) is 12.6. The minimum Gasteiger partial charge on any atom is -0.292 e. The molecule has 0 bridgehead atoms. The van der Waals surface area contributed by atoms with Crippen LogP contribution in [0.1, 0.15) is 26.5 Å². The average Bonchev–Trinajstić information content (AvgIpc) is 3.28. The molecule has 0 aliphatic carbocycles. The minimum atomic E-state index is -0.421. The van der Waals surface area contributed by atoms with Crippen LogP contribution in [0.3, 0.4) is 0 Å². The number of H-pyrrole nitrogens is 1. The zero-order valence-electron chi connectivity index (χ0n) is 22.1. The van der Waals surface area contributed by atoms with Crippen molar-refractivity contribution in [2.75, 3.05) is 0 Å².